The molecule has 0 amide bonds. The van der Waals surface area contributed by atoms with Crippen LogP contribution in [-0.2, 0) is 6.42 Å². The third kappa shape index (κ3) is 2.31. The van der Waals surface area contributed by atoms with Gasteiger partial charge in [0.05, 0.1) is 15.4 Å². The van der Waals surface area contributed by atoms with E-state index in [2.05, 4.69) is 31.5 Å². The van der Waals surface area contributed by atoms with E-state index in [4.69, 9.17) is 0 Å². The molecule has 1 rings (SSSR count). The van der Waals surface area contributed by atoms with Crippen molar-refractivity contribution in [3.8, 4) is 0 Å². The van der Waals surface area contributed by atoms with Crippen LogP contribution in [0.2, 0.25) is 0 Å². The smallest absolute Gasteiger partial charge is 0.0939 e. The lowest BCUT2D eigenvalue weighted by molar-refractivity contribution is 0.644. The predicted octanol–water partition coefficient (Wildman–Crippen LogP) is 2.63. The van der Waals surface area contributed by atoms with Crippen molar-refractivity contribution in [2.75, 3.05) is 0 Å². The van der Waals surface area contributed by atoms with Crippen LogP contribution in [0.3, 0.4) is 0 Å². The summed E-state index contributed by atoms with van der Waals surface area (Å²) in [5, 5.41) is 1.19. The highest BCUT2D eigenvalue weighted by Crippen LogP contribution is 2.18. The first kappa shape index (κ1) is 8.08. The largest absolute Gasteiger partial charge is 0.248 e. The zero-order valence-corrected chi connectivity index (χ0v) is 7.88. The Morgan fingerprint density at radius 3 is 2.80 bits per heavy atom. The summed E-state index contributed by atoms with van der Waals surface area (Å²) in [5.74, 6) is 0.693. The number of aromatic nitrogens is 1. The Hall–Kier alpha value is -0.0200. The summed E-state index contributed by atoms with van der Waals surface area (Å²) in [6, 6.07) is 0. The van der Waals surface area contributed by atoms with E-state index < -0.39 is 0 Å². The molecule has 0 radical (unpaired) electrons. The van der Waals surface area contributed by atoms with Gasteiger partial charge in [-0.15, -0.1) is 24.0 Å². The highest BCUT2D eigenvalue weighted by molar-refractivity contribution is 7.82. The summed E-state index contributed by atoms with van der Waals surface area (Å²) in [4.78, 5) is 4.20. The van der Waals surface area contributed by atoms with Gasteiger partial charge in [0.2, 0.25) is 0 Å². The van der Waals surface area contributed by atoms with Crippen molar-refractivity contribution < 1.29 is 0 Å². The van der Waals surface area contributed by atoms with E-state index in [0.29, 0.717) is 5.92 Å². The highest BCUT2D eigenvalue weighted by atomic mass is 32.2. The molecule has 0 aliphatic rings. The molecule has 0 unspecified atom stereocenters. The number of nitrogens with zero attached hydrogens (tertiary/aromatic N) is 1. The van der Waals surface area contributed by atoms with Crippen LogP contribution in [-0.4, -0.2) is 4.98 Å². The molecule has 1 heterocycles. The number of hydrogen-bond donors (Lipinski definition) is 1. The Bertz CT molecular complexity index is 205. The van der Waals surface area contributed by atoms with Gasteiger partial charge in [0, 0.05) is 6.42 Å². The maximum absolute atomic E-state index is 4.20. The predicted molar refractivity (Wildman–Crippen MR) is 47.9 cm³/mol. The van der Waals surface area contributed by atoms with Crippen LogP contribution < -0.4 is 0 Å². The molecule has 1 aromatic rings. The minimum absolute atomic E-state index is 0.693. The molecule has 0 aliphatic carbocycles. The number of rotatable bonds is 2. The number of thiazole rings is 1. The van der Waals surface area contributed by atoms with Gasteiger partial charge in [0.15, 0.2) is 0 Å². The van der Waals surface area contributed by atoms with Crippen molar-refractivity contribution in [1.82, 2.24) is 4.98 Å². The average molecular weight is 173 g/mol. The molecule has 0 bridgehead atoms. The Kier molecular flexibility index (Phi) is 2.74. The SMILES string of the molecule is CC(C)Cc1ncc(S)s1. The van der Waals surface area contributed by atoms with Crippen molar-refractivity contribution in [3.05, 3.63) is 11.2 Å². The average Bonchev–Trinajstić information content (AvgIpc) is 2.13. The van der Waals surface area contributed by atoms with Crippen molar-refractivity contribution in [2.45, 2.75) is 24.5 Å². The fourth-order valence-electron chi connectivity index (χ4n) is 0.744. The summed E-state index contributed by atoms with van der Waals surface area (Å²) in [7, 11) is 0. The molecule has 0 aromatic carbocycles. The second-order valence-electron chi connectivity index (χ2n) is 2.69. The first-order chi connectivity index (χ1) is 4.68. The summed E-state index contributed by atoms with van der Waals surface area (Å²) in [6.07, 6.45) is 2.89. The summed E-state index contributed by atoms with van der Waals surface area (Å²) in [6.45, 7) is 4.39. The maximum atomic E-state index is 4.20. The Balaban J connectivity index is 2.58. The second kappa shape index (κ2) is 3.39. The molecule has 0 saturated heterocycles. The van der Waals surface area contributed by atoms with Gasteiger partial charge in [-0.2, -0.15) is 0 Å². The van der Waals surface area contributed by atoms with Gasteiger partial charge in [0.25, 0.3) is 0 Å². The first-order valence-corrected chi connectivity index (χ1v) is 4.58. The molecule has 0 spiro atoms. The third-order valence-corrected chi connectivity index (χ3v) is 2.34. The zero-order valence-electron chi connectivity index (χ0n) is 6.16. The van der Waals surface area contributed by atoms with Crippen LogP contribution in [0.25, 0.3) is 0 Å². The van der Waals surface area contributed by atoms with Crippen molar-refractivity contribution in [2.24, 2.45) is 5.92 Å². The molecule has 1 aromatic heterocycles. The fourth-order valence-corrected chi connectivity index (χ4v) is 1.99. The van der Waals surface area contributed by atoms with E-state index in [0.717, 1.165) is 10.6 Å². The second-order valence-corrected chi connectivity index (χ2v) is 4.59. The molecular weight excluding hydrogens is 162 g/mol. The minimum Gasteiger partial charge on any atom is -0.248 e. The lowest BCUT2D eigenvalue weighted by Crippen LogP contribution is -1.91. The Morgan fingerprint density at radius 2 is 2.40 bits per heavy atom. The van der Waals surface area contributed by atoms with Crippen molar-refractivity contribution in [1.29, 1.82) is 0 Å². The van der Waals surface area contributed by atoms with Gasteiger partial charge in [0.1, 0.15) is 0 Å². The standard InChI is InChI=1S/C7H11NS2/c1-5(2)3-6-8-4-7(9)10-6/h4-5,9H,3H2,1-2H3. The quantitative estimate of drug-likeness (QED) is 0.678. The van der Waals surface area contributed by atoms with Crippen LogP contribution in [0.1, 0.15) is 18.9 Å². The molecule has 56 valence electrons. The van der Waals surface area contributed by atoms with Crippen LogP contribution in [0, 0.1) is 5.92 Å². The van der Waals surface area contributed by atoms with E-state index in [1.54, 1.807) is 11.3 Å². The summed E-state index contributed by atoms with van der Waals surface area (Å²) < 4.78 is 1.01. The lowest BCUT2D eigenvalue weighted by atomic mass is 10.1. The van der Waals surface area contributed by atoms with E-state index in [1.165, 1.54) is 5.01 Å². The molecule has 10 heavy (non-hydrogen) atoms. The summed E-state index contributed by atoms with van der Waals surface area (Å²) >= 11 is 5.85. The fraction of sp³-hybridized carbons (Fsp3) is 0.571. The summed E-state index contributed by atoms with van der Waals surface area (Å²) in [5.41, 5.74) is 0. The van der Waals surface area contributed by atoms with Crippen LogP contribution in [0.5, 0.6) is 0 Å². The zero-order chi connectivity index (χ0) is 7.56. The van der Waals surface area contributed by atoms with Crippen molar-refractivity contribution in [3.63, 3.8) is 0 Å². The van der Waals surface area contributed by atoms with Gasteiger partial charge >= 0.3 is 0 Å². The molecule has 0 fully saturated rings. The van der Waals surface area contributed by atoms with E-state index in [9.17, 15) is 0 Å². The molecule has 0 atom stereocenters. The van der Waals surface area contributed by atoms with Gasteiger partial charge in [-0.05, 0) is 5.92 Å². The van der Waals surface area contributed by atoms with E-state index in [1.807, 2.05) is 6.20 Å². The maximum Gasteiger partial charge on any atom is 0.0939 e. The third-order valence-electron chi connectivity index (χ3n) is 1.12. The number of thiol groups is 1. The first-order valence-electron chi connectivity index (χ1n) is 3.32. The van der Waals surface area contributed by atoms with Crippen LogP contribution >= 0.6 is 24.0 Å². The van der Waals surface area contributed by atoms with Gasteiger partial charge in [-0.25, -0.2) is 4.98 Å². The molecule has 3 heteroatoms. The van der Waals surface area contributed by atoms with E-state index >= 15 is 0 Å². The minimum atomic E-state index is 0.693. The van der Waals surface area contributed by atoms with Gasteiger partial charge < -0.3 is 0 Å². The normalized spacial score (nSPS) is 10.8. The van der Waals surface area contributed by atoms with Gasteiger partial charge in [-0.3, -0.25) is 0 Å². The molecule has 1 nitrogen and oxygen atoms in total. The number of hydrogen-bond acceptors (Lipinski definition) is 3. The van der Waals surface area contributed by atoms with Gasteiger partial charge in [-0.1, -0.05) is 13.8 Å². The lowest BCUT2D eigenvalue weighted by Gasteiger charge is -1.97. The molecule has 0 N–H and O–H groups in total. The highest BCUT2D eigenvalue weighted by Gasteiger charge is 2.00. The monoisotopic (exact) mass is 173 g/mol. The van der Waals surface area contributed by atoms with Crippen molar-refractivity contribution >= 4 is 24.0 Å². The molecular formula is C7H11NS2. The Labute approximate surface area is 70.9 Å². The van der Waals surface area contributed by atoms with E-state index in [-0.39, 0.29) is 0 Å². The molecule has 0 aliphatic heterocycles. The molecule has 0 saturated carbocycles. The Morgan fingerprint density at radius 1 is 1.70 bits per heavy atom. The van der Waals surface area contributed by atoms with Crippen LogP contribution in [0.4, 0.5) is 0 Å². The van der Waals surface area contributed by atoms with Crippen LogP contribution in [0.15, 0.2) is 10.4 Å². The topological polar surface area (TPSA) is 12.9 Å².